The van der Waals surface area contributed by atoms with Gasteiger partial charge in [-0.25, -0.2) is 0 Å². The smallest absolute Gasteiger partial charge is 0.265 e. The molecule has 0 aliphatic heterocycles. The number of rotatable bonds is 12. The summed E-state index contributed by atoms with van der Waals surface area (Å²) in [6, 6.07) is 0. The van der Waals surface area contributed by atoms with Crippen molar-refractivity contribution in [2.24, 2.45) is 5.16 Å². The molecule has 0 spiro atoms. The molecule has 5 heteroatoms. The highest BCUT2D eigenvalue weighted by atomic mass is 16.4. The van der Waals surface area contributed by atoms with E-state index in [2.05, 4.69) is 29.5 Å². The molecule has 0 saturated carbocycles. The van der Waals surface area contributed by atoms with E-state index in [1.54, 1.807) is 0 Å². The molecule has 0 radical (unpaired) electrons. The second-order valence-electron chi connectivity index (χ2n) is 5.17. The molecule has 0 bridgehead atoms. The van der Waals surface area contributed by atoms with E-state index < -0.39 is 0 Å². The Hall–Kier alpha value is -1.10. The molecule has 5 nitrogen and oxygen atoms in total. The zero-order valence-corrected chi connectivity index (χ0v) is 12.4. The van der Waals surface area contributed by atoms with Crippen LogP contribution >= 0.6 is 0 Å². The lowest BCUT2D eigenvalue weighted by atomic mass is 10.1. The summed E-state index contributed by atoms with van der Waals surface area (Å²) in [6.07, 6.45) is 10.8. The molecule has 1 amide bonds. The lowest BCUT2D eigenvalue weighted by Gasteiger charge is -2.08. The van der Waals surface area contributed by atoms with E-state index in [9.17, 15) is 4.79 Å². The first-order chi connectivity index (χ1) is 9.16. The van der Waals surface area contributed by atoms with Gasteiger partial charge in [0.2, 0.25) is 0 Å². The van der Waals surface area contributed by atoms with Crippen LogP contribution in [-0.2, 0) is 4.79 Å². The van der Waals surface area contributed by atoms with Gasteiger partial charge >= 0.3 is 0 Å². The molecule has 0 fully saturated rings. The fourth-order valence-electron chi connectivity index (χ4n) is 1.92. The molecule has 19 heavy (non-hydrogen) atoms. The van der Waals surface area contributed by atoms with E-state index in [1.165, 1.54) is 45.1 Å². The minimum absolute atomic E-state index is 0.330. The number of amides is 1. The monoisotopic (exact) mass is 271 g/mol. The SMILES string of the molecule is CN(C)CCCCCCCCCCNC(=O)/C=N/O. The first-order valence-electron chi connectivity index (χ1n) is 7.27. The second-order valence-corrected chi connectivity index (χ2v) is 5.17. The average Bonchev–Trinajstić information content (AvgIpc) is 2.36. The molecular formula is C14H29N3O2. The zero-order valence-electron chi connectivity index (χ0n) is 12.4. The summed E-state index contributed by atoms with van der Waals surface area (Å²) in [5.41, 5.74) is 0. The van der Waals surface area contributed by atoms with Crippen LogP contribution < -0.4 is 5.32 Å². The predicted molar refractivity (Wildman–Crippen MR) is 78.8 cm³/mol. The molecular weight excluding hydrogens is 242 g/mol. The van der Waals surface area contributed by atoms with E-state index in [0.29, 0.717) is 6.54 Å². The highest BCUT2D eigenvalue weighted by Crippen LogP contribution is 2.08. The van der Waals surface area contributed by atoms with Crippen molar-refractivity contribution in [3.63, 3.8) is 0 Å². The van der Waals surface area contributed by atoms with Crippen molar-refractivity contribution in [1.29, 1.82) is 0 Å². The van der Waals surface area contributed by atoms with Crippen LogP contribution in [0.1, 0.15) is 51.4 Å². The van der Waals surface area contributed by atoms with Crippen molar-refractivity contribution in [3.8, 4) is 0 Å². The maximum absolute atomic E-state index is 10.9. The van der Waals surface area contributed by atoms with E-state index in [4.69, 9.17) is 5.21 Å². The third-order valence-electron chi connectivity index (χ3n) is 3.01. The zero-order chi connectivity index (χ0) is 14.3. The predicted octanol–water partition coefficient (Wildman–Crippen LogP) is 2.25. The van der Waals surface area contributed by atoms with Crippen molar-refractivity contribution in [1.82, 2.24) is 10.2 Å². The molecule has 2 N–H and O–H groups in total. The third-order valence-corrected chi connectivity index (χ3v) is 3.01. The van der Waals surface area contributed by atoms with Crippen molar-refractivity contribution in [2.45, 2.75) is 51.4 Å². The van der Waals surface area contributed by atoms with Crippen LogP contribution in [0, 0.1) is 0 Å². The van der Waals surface area contributed by atoms with Gasteiger partial charge < -0.3 is 15.4 Å². The Morgan fingerprint density at radius 2 is 1.58 bits per heavy atom. The third kappa shape index (κ3) is 14.8. The number of oxime groups is 1. The molecule has 0 aromatic carbocycles. The Morgan fingerprint density at radius 1 is 1.05 bits per heavy atom. The summed E-state index contributed by atoms with van der Waals surface area (Å²) in [7, 11) is 4.23. The van der Waals surface area contributed by atoms with Gasteiger partial charge in [0.1, 0.15) is 6.21 Å². The summed E-state index contributed by atoms with van der Waals surface area (Å²) < 4.78 is 0. The minimum atomic E-state index is -0.330. The Labute approximate surface area is 117 Å². The summed E-state index contributed by atoms with van der Waals surface area (Å²) in [5, 5.41) is 13.5. The van der Waals surface area contributed by atoms with Crippen molar-refractivity contribution in [2.75, 3.05) is 27.2 Å². The summed E-state index contributed by atoms with van der Waals surface area (Å²) in [5.74, 6) is -0.330. The Morgan fingerprint density at radius 3 is 2.11 bits per heavy atom. The van der Waals surface area contributed by atoms with Crippen LogP contribution in [0.2, 0.25) is 0 Å². The largest absolute Gasteiger partial charge is 0.411 e. The Kier molecular flexibility index (Phi) is 12.6. The van der Waals surface area contributed by atoms with Gasteiger partial charge in [0.15, 0.2) is 0 Å². The second kappa shape index (κ2) is 13.3. The first-order valence-corrected chi connectivity index (χ1v) is 7.27. The van der Waals surface area contributed by atoms with E-state index in [-0.39, 0.29) is 5.91 Å². The number of hydrogen-bond donors (Lipinski definition) is 2. The maximum atomic E-state index is 10.9. The van der Waals surface area contributed by atoms with Crippen molar-refractivity contribution in [3.05, 3.63) is 0 Å². The number of carbonyl (C=O) groups excluding carboxylic acids is 1. The minimum Gasteiger partial charge on any atom is -0.411 e. The van der Waals surface area contributed by atoms with Crippen LogP contribution in [0.25, 0.3) is 0 Å². The summed E-state index contributed by atoms with van der Waals surface area (Å²) in [6.45, 7) is 1.85. The summed E-state index contributed by atoms with van der Waals surface area (Å²) >= 11 is 0. The van der Waals surface area contributed by atoms with Gasteiger partial charge in [0.25, 0.3) is 5.91 Å². The molecule has 112 valence electrons. The maximum Gasteiger partial charge on any atom is 0.265 e. The Bertz CT molecular complexity index is 243. The van der Waals surface area contributed by atoms with Gasteiger partial charge in [-0.15, -0.1) is 0 Å². The average molecular weight is 271 g/mol. The van der Waals surface area contributed by atoms with Gasteiger partial charge in [-0.3, -0.25) is 4.79 Å². The number of hydrogen-bond acceptors (Lipinski definition) is 4. The highest BCUT2D eigenvalue weighted by molar-refractivity contribution is 6.25. The van der Waals surface area contributed by atoms with Gasteiger partial charge in [-0.05, 0) is 33.5 Å². The van der Waals surface area contributed by atoms with E-state index in [0.717, 1.165) is 19.1 Å². The van der Waals surface area contributed by atoms with Crippen LogP contribution in [-0.4, -0.2) is 49.4 Å². The molecule has 0 aromatic rings. The van der Waals surface area contributed by atoms with Crippen LogP contribution in [0.15, 0.2) is 5.16 Å². The molecule has 0 rings (SSSR count). The topological polar surface area (TPSA) is 64.9 Å². The van der Waals surface area contributed by atoms with Crippen molar-refractivity contribution >= 4 is 12.1 Å². The van der Waals surface area contributed by atoms with Gasteiger partial charge in [-0.1, -0.05) is 43.7 Å². The van der Waals surface area contributed by atoms with E-state index >= 15 is 0 Å². The fourth-order valence-corrected chi connectivity index (χ4v) is 1.92. The molecule has 0 aliphatic rings. The summed E-state index contributed by atoms with van der Waals surface area (Å²) in [4.78, 5) is 13.1. The van der Waals surface area contributed by atoms with Crippen molar-refractivity contribution < 1.29 is 10.0 Å². The number of unbranched alkanes of at least 4 members (excludes halogenated alkanes) is 7. The lowest BCUT2D eigenvalue weighted by Crippen LogP contribution is -2.25. The number of nitrogens with one attached hydrogen (secondary N) is 1. The standard InChI is InChI=1S/C14H29N3O2/c1-17(2)12-10-8-6-4-3-5-7-9-11-15-14(18)13-16-19/h13,19H,3-12H2,1-2H3,(H,15,18)/b16-13+. The van der Waals surface area contributed by atoms with E-state index in [1.807, 2.05) is 0 Å². The van der Waals surface area contributed by atoms with Gasteiger partial charge in [0, 0.05) is 6.54 Å². The molecule has 0 aliphatic carbocycles. The van der Waals surface area contributed by atoms with Gasteiger partial charge in [0.05, 0.1) is 0 Å². The van der Waals surface area contributed by atoms with Crippen LogP contribution in [0.4, 0.5) is 0 Å². The molecule has 0 aromatic heterocycles. The molecule has 0 atom stereocenters. The normalized spacial score (nSPS) is 11.3. The fraction of sp³-hybridized carbons (Fsp3) is 0.857. The molecule has 0 unspecified atom stereocenters. The number of carbonyl (C=O) groups is 1. The lowest BCUT2D eigenvalue weighted by molar-refractivity contribution is -0.114. The number of nitrogens with zero attached hydrogens (tertiary/aromatic N) is 2. The van der Waals surface area contributed by atoms with Crippen LogP contribution in [0.3, 0.4) is 0 Å². The molecule has 0 saturated heterocycles. The quantitative estimate of drug-likeness (QED) is 0.248. The highest BCUT2D eigenvalue weighted by Gasteiger charge is 1.96. The van der Waals surface area contributed by atoms with Crippen LogP contribution in [0.5, 0.6) is 0 Å². The van der Waals surface area contributed by atoms with Gasteiger partial charge in [-0.2, -0.15) is 0 Å². The molecule has 0 heterocycles. The Balaban J connectivity index is 3.09. The first kappa shape index (κ1) is 17.9.